The molecule has 2 heteroatoms. The molecule has 2 aliphatic rings. The lowest BCUT2D eigenvalue weighted by Crippen LogP contribution is -2.33. The molecule has 0 radical (unpaired) electrons. The SMILES string of the molecule is CNC(C1=CCCO1)C1CCc2ccccc21. The summed E-state index contributed by atoms with van der Waals surface area (Å²) in [6.45, 7) is 0.849. The number of ether oxygens (including phenoxy) is 1. The van der Waals surface area contributed by atoms with Crippen LogP contribution in [0.2, 0.25) is 0 Å². The highest BCUT2D eigenvalue weighted by molar-refractivity contribution is 5.37. The van der Waals surface area contributed by atoms with E-state index in [1.54, 1.807) is 0 Å². The molecule has 1 N–H and O–H groups in total. The third kappa shape index (κ3) is 1.87. The van der Waals surface area contributed by atoms with Gasteiger partial charge in [0.05, 0.1) is 12.6 Å². The second-order valence-corrected chi connectivity index (χ2v) is 4.85. The largest absolute Gasteiger partial charge is 0.496 e. The van der Waals surface area contributed by atoms with Crippen LogP contribution < -0.4 is 5.32 Å². The van der Waals surface area contributed by atoms with Crippen LogP contribution in [0.25, 0.3) is 0 Å². The summed E-state index contributed by atoms with van der Waals surface area (Å²) < 4.78 is 5.73. The molecular weight excluding hydrogens is 210 g/mol. The van der Waals surface area contributed by atoms with E-state index in [1.807, 2.05) is 7.05 Å². The van der Waals surface area contributed by atoms with E-state index in [4.69, 9.17) is 4.74 Å². The van der Waals surface area contributed by atoms with Crippen LogP contribution >= 0.6 is 0 Å². The third-order valence-electron chi connectivity index (χ3n) is 3.93. The first kappa shape index (κ1) is 10.8. The highest BCUT2D eigenvalue weighted by atomic mass is 16.5. The van der Waals surface area contributed by atoms with Gasteiger partial charge in [0.25, 0.3) is 0 Å². The topological polar surface area (TPSA) is 21.3 Å². The summed E-state index contributed by atoms with van der Waals surface area (Å²) in [4.78, 5) is 0. The first-order valence-electron chi connectivity index (χ1n) is 6.48. The summed E-state index contributed by atoms with van der Waals surface area (Å²) in [5.74, 6) is 1.72. The summed E-state index contributed by atoms with van der Waals surface area (Å²) in [5, 5.41) is 3.43. The van der Waals surface area contributed by atoms with Crippen molar-refractivity contribution in [3.8, 4) is 0 Å². The number of hydrogen-bond donors (Lipinski definition) is 1. The van der Waals surface area contributed by atoms with Crippen LogP contribution in [0.15, 0.2) is 36.1 Å². The van der Waals surface area contributed by atoms with E-state index in [-0.39, 0.29) is 0 Å². The maximum atomic E-state index is 5.73. The fourth-order valence-electron chi connectivity index (χ4n) is 3.13. The maximum absolute atomic E-state index is 5.73. The first-order chi connectivity index (χ1) is 8.40. The highest BCUT2D eigenvalue weighted by Gasteiger charge is 2.32. The minimum Gasteiger partial charge on any atom is -0.496 e. The van der Waals surface area contributed by atoms with Crippen molar-refractivity contribution in [2.75, 3.05) is 13.7 Å². The van der Waals surface area contributed by atoms with Crippen LogP contribution in [0.5, 0.6) is 0 Å². The quantitative estimate of drug-likeness (QED) is 0.860. The number of aryl methyl sites for hydroxylation is 1. The highest BCUT2D eigenvalue weighted by Crippen LogP contribution is 2.38. The van der Waals surface area contributed by atoms with Crippen molar-refractivity contribution in [1.29, 1.82) is 0 Å². The lowest BCUT2D eigenvalue weighted by Gasteiger charge is -2.24. The number of benzene rings is 1. The molecule has 0 amide bonds. The van der Waals surface area contributed by atoms with Crippen molar-refractivity contribution in [1.82, 2.24) is 5.32 Å². The van der Waals surface area contributed by atoms with E-state index < -0.39 is 0 Å². The number of rotatable bonds is 3. The molecular formula is C15H19NO. The number of hydrogen-bond acceptors (Lipinski definition) is 2. The van der Waals surface area contributed by atoms with E-state index in [9.17, 15) is 0 Å². The molecule has 3 rings (SSSR count). The Balaban J connectivity index is 1.89. The Morgan fingerprint density at radius 2 is 2.24 bits per heavy atom. The summed E-state index contributed by atoms with van der Waals surface area (Å²) in [6.07, 6.45) is 5.72. The monoisotopic (exact) mass is 229 g/mol. The number of likely N-dealkylation sites (N-methyl/N-ethyl adjacent to an activating group) is 1. The lowest BCUT2D eigenvalue weighted by molar-refractivity contribution is 0.208. The van der Waals surface area contributed by atoms with Crippen LogP contribution in [0.3, 0.4) is 0 Å². The first-order valence-corrected chi connectivity index (χ1v) is 6.48. The van der Waals surface area contributed by atoms with E-state index in [0.717, 1.165) is 18.8 Å². The molecule has 1 aliphatic heterocycles. The minimum absolute atomic E-state index is 0.348. The molecule has 0 bridgehead atoms. The van der Waals surface area contributed by atoms with Gasteiger partial charge in [-0.05, 0) is 37.1 Å². The van der Waals surface area contributed by atoms with Gasteiger partial charge in [0.2, 0.25) is 0 Å². The molecule has 1 aromatic carbocycles. The average molecular weight is 229 g/mol. The Morgan fingerprint density at radius 1 is 1.35 bits per heavy atom. The van der Waals surface area contributed by atoms with Crippen LogP contribution in [-0.2, 0) is 11.2 Å². The van der Waals surface area contributed by atoms with Crippen molar-refractivity contribution in [2.45, 2.75) is 31.2 Å². The van der Waals surface area contributed by atoms with Crippen molar-refractivity contribution in [2.24, 2.45) is 0 Å². The average Bonchev–Trinajstić information content (AvgIpc) is 3.01. The van der Waals surface area contributed by atoms with Gasteiger partial charge < -0.3 is 10.1 Å². The summed E-state index contributed by atoms with van der Waals surface area (Å²) in [5.41, 5.74) is 3.01. The van der Waals surface area contributed by atoms with E-state index in [0.29, 0.717) is 12.0 Å². The van der Waals surface area contributed by atoms with Crippen LogP contribution in [0.4, 0.5) is 0 Å². The minimum atomic E-state index is 0.348. The van der Waals surface area contributed by atoms with Crippen LogP contribution in [0, 0.1) is 0 Å². The van der Waals surface area contributed by atoms with E-state index in [1.165, 1.54) is 24.0 Å². The van der Waals surface area contributed by atoms with Gasteiger partial charge in [0, 0.05) is 12.3 Å². The summed E-state index contributed by atoms with van der Waals surface area (Å²) in [6, 6.07) is 9.16. The lowest BCUT2D eigenvalue weighted by atomic mass is 9.92. The van der Waals surface area contributed by atoms with Gasteiger partial charge in [-0.2, -0.15) is 0 Å². The predicted octanol–water partition coefficient (Wildman–Crippen LogP) is 2.61. The molecule has 0 saturated carbocycles. The zero-order valence-corrected chi connectivity index (χ0v) is 10.3. The summed E-state index contributed by atoms with van der Waals surface area (Å²) in [7, 11) is 2.04. The number of fused-ring (bicyclic) bond motifs is 1. The normalized spacial score (nSPS) is 24.1. The van der Waals surface area contributed by atoms with E-state index >= 15 is 0 Å². The Morgan fingerprint density at radius 3 is 3.00 bits per heavy atom. The maximum Gasteiger partial charge on any atom is 0.110 e. The van der Waals surface area contributed by atoms with E-state index in [2.05, 4.69) is 35.7 Å². The Labute approximate surface area is 103 Å². The van der Waals surface area contributed by atoms with Gasteiger partial charge in [-0.25, -0.2) is 0 Å². The van der Waals surface area contributed by atoms with Gasteiger partial charge in [0.15, 0.2) is 0 Å². The van der Waals surface area contributed by atoms with Gasteiger partial charge in [0.1, 0.15) is 5.76 Å². The number of nitrogens with one attached hydrogen (secondary N) is 1. The molecule has 0 spiro atoms. The smallest absolute Gasteiger partial charge is 0.110 e. The molecule has 17 heavy (non-hydrogen) atoms. The van der Waals surface area contributed by atoms with Crippen molar-refractivity contribution < 1.29 is 4.74 Å². The van der Waals surface area contributed by atoms with Gasteiger partial charge >= 0.3 is 0 Å². The molecule has 2 atom stereocenters. The fourth-order valence-corrected chi connectivity index (χ4v) is 3.13. The zero-order valence-electron chi connectivity index (χ0n) is 10.3. The Kier molecular flexibility index (Phi) is 2.89. The zero-order chi connectivity index (χ0) is 11.7. The molecule has 1 aliphatic carbocycles. The fraction of sp³-hybridized carbons (Fsp3) is 0.467. The molecule has 0 aromatic heterocycles. The predicted molar refractivity (Wildman–Crippen MR) is 69.0 cm³/mol. The Bertz CT molecular complexity index is 438. The van der Waals surface area contributed by atoms with Crippen LogP contribution in [-0.4, -0.2) is 19.7 Å². The van der Waals surface area contributed by atoms with Crippen LogP contribution in [0.1, 0.15) is 29.9 Å². The van der Waals surface area contributed by atoms with Gasteiger partial charge in [-0.1, -0.05) is 24.3 Å². The van der Waals surface area contributed by atoms with Gasteiger partial charge in [-0.3, -0.25) is 0 Å². The van der Waals surface area contributed by atoms with Crippen molar-refractivity contribution >= 4 is 0 Å². The molecule has 1 aromatic rings. The molecule has 2 unspecified atom stereocenters. The van der Waals surface area contributed by atoms with Gasteiger partial charge in [-0.15, -0.1) is 0 Å². The second kappa shape index (κ2) is 4.53. The standard InChI is InChI=1S/C15H19NO/c1-16-15(14-7-4-10-17-14)13-9-8-11-5-2-3-6-12(11)13/h2-3,5-7,13,15-16H,4,8-10H2,1H3. The Hall–Kier alpha value is -1.28. The molecule has 0 fully saturated rings. The molecule has 1 heterocycles. The van der Waals surface area contributed by atoms with Crippen molar-refractivity contribution in [3.63, 3.8) is 0 Å². The molecule has 0 saturated heterocycles. The second-order valence-electron chi connectivity index (χ2n) is 4.85. The third-order valence-corrected chi connectivity index (χ3v) is 3.93. The molecule has 90 valence electrons. The summed E-state index contributed by atoms with van der Waals surface area (Å²) >= 11 is 0. The molecule has 2 nitrogen and oxygen atoms in total. The van der Waals surface area contributed by atoms with Crippen molar-refractivity contribution in [3.05, 3.63) is 47.2 Å².